The fourth-order valence-electron chi connectivity index (χ4n) is 3.08. The lowest BCUT2D eigenvalue weighted by Gasteiger charge is -2.11. The fourth-order valence-corrected chi connectivity index (χ4v) is 3.21. The van der Waals surface area contributed by atoms with Crippen LogP contribution < -0.4 is 5.32 Å². The van der Waals surface area contributed by atoms with E-state index in [-0.39, 0.29) is 12.5 Å². The molecule has 0 radical (unpaired) electrons. The average Bonchev–Trinajstić information content (AvgIpc) is 3.38. The first-order valence-corrected chi connectivity index (χ1v) is 9.64. The van der Waals surface area contributed by atoms with E-state index in [2.05, 4.69) is 22.4 Å². The van der Waals surface area contributed by atoms with Gasteiger partial charge >= 0.3 is 0 Å². The van der Waals surface area contributed by atoms with Gasteiger partial charge in [-0.15, -0.1) is 0 Å². The minimum absolute atomic E-state index is 0.124. The van der Waals surface area contributed by atoms with Crippen LogP contribution in [0.3, 0.4) is 0 Å². The van der Waals surface area contributed by atoms with Gasteiger partial charge < -0.3 is 14.4 Å². The predicted molar refractivity (Wildman–Crippen MR) is 113 cm³/mol. The van der Waals surface area contributed by atoms with E-state index in [4.69, 9.17) is 16.1 Å². The van der Waals surface area contributed by atoms with Crippen LogP contribution in [0.15, 0.2) is 71.4 Å². The Bertz CT molecular complexity index is 1130. The molecule has 6 nitrogen and oxygen atoms in total. The number of halogens is 1. The van der Waals surface area contributed by atoms with Gasteiger partial charge in [0.1, 0.15) is 12.2 Å². The molecular weight excluding hydrogens is 388 g/mol. The maximum atomic E-state index is 12.6. The summed E-state index contributed by atoms with van der Waals surface area (Å²) in [6.45, 7) is 2.20. The molecule has 2 heterocycles. The Hall–Kier alpha value is -3.38. The van der Waals surface area contributed by atoms with Gasteiger partial charge in [-0.1, -0.05) is 41.9 Å². The summed E-state index contributed by atoms with van der Waals surface area (Å²) in [5.74, 6) is 0.688. The van der Waals surface area contributed by atoms with Crippen molar-refractivity contribution in [1.29, 1.82) is 0 Å². The number of nitrogens with one attached hydrogen (secondary N) is 1. The zero-order valence-corrected chi connectivity index (χ0v) is 16.6. The zero-order valence-electron chi connectivity index (χ0n) is 15.8. The molecule has 146 valence electrons. The van der Waals surface area contributed by atoms with Gasteiger partial charge in [-0.3, -0.25) is 4.79 Å². The normalized spacial score (nSPS) is 10.8. The molecular formula is C22H19ClN4O2. The number of aromatic nitrogens is 3. The molecule has 0 saturated heterocycles. The second-order valence-corrected chi connectivity index (χ2v) is 6.95. The van der Waals surface area contributed by atoms with Gasteiger partial charge in [0, 0.05) is 22.5 Å². The van der Waals surface area contributed by atoms with E-state index in [9.17, 15) is 4.79 Å². The van der Waals surface area contributed by atoms with Crippen LogP contribution >= 0.6 is 11.6 Å². The largest absolute Gasteiger partial charge is 0.334 e. The minimum atomic E-state index is -0.124. The van der Waals surface area contributed by atoms with Gasteiger partial charge in [0.2, 0.25) is 11.7 Å². The van der Waals surface area contributed by atoms with Crippen LogP contribution in [0.4, 0.5) is 5.69 Å². The lowest BCUT2D eigenvalue weighted by molar-refractivity contribution is -0.116. The molecule has 0 aliphatic heterocycles. The van der Waals surface area contributed by atoms with Crippen molar-refractivity contribution in [2.24, 2.45) is 0 Å². The number of carbonyl (C=O) groups is 1. The summed E-state index contributed by atoms with van der Waals surface area (Å²) in [6, 6.07) is 18.7. The topological polar surface area (TPSA) is 73.0 Å². The summed E-state index contributed by atoms with van der Waals surface area (Å²) in [6.07, 6.45) is 2.66. The summed E-state index contributed by atoms with van der Waals surface area (Å²) in [5.41, 5.74) is 3.41. The summed E-state index contributed by atoms with van der Waals surface area (Å²) >= 11 is 5.93. The van der Waals surface area contributed by atoms with E-state index in [0.717, 1.165) is 23.2 Å². The van der Waals surface area contributed by atoms with Gasteiger partial charge in [-0.25, -0.2) is 0 Å². The Morgan fingerprint density at radius 2 is 1.90 bits per heavy atom. The highest BCUT2D eigenvalue weighted by Crippen LogP contribution is 2.24. The number of carbonyl (C=O) groups excluding carboxylic acids is 1. The molecule has 0 atom stereocenters. The van der Waals surface area contributed by atoms with E-state index >= 15 is 0 Å². The molecule has 2 aromatic carbocycles. The highest BCUT2D eigenvalue weighted by atomic mass is 35.5. The lowest BCUT2D eigenvalue weighted by atomic mass is 10.1. The van der Waals surface area contributed by atoms with Crippen LogP contribution in [0.5, 0.6) is 0 Å². The number of nitrogens with zero attached hydrogens (tertiary/aromatic N) is 3. The van der Waals surface area contributed by atoms with Crippen LogP contribution in [0.25, 0.3) is 23.0 Å². The smallest absolute Gasteiger partial charge is 0.274 e. The molecule has 1 N–H and O–H groups in total. The van der Waals surface area contributed by atoms with Crippen molar-refractivity contribution in [2.75, 3.05) is 5.32 Å². The van der Waals surface area contributed by atoms with Gasteiger partial charge in [0.05, 0.1) is 0 Å². The third-order valence-electron chi connectivity index (χ3n) is 4.56. The predicted octanol–water partition coefficient (Wildman–Crippen LogP) is 5.06. The summed E-state index contributed by atoms with van der Waals surface area (Å²) in [7, 11) is 0. The Balaban J connectivity index is 1.52. The highest BCUT2D eigenvalue weighted by molar-refractivity contribution is 6.30. The molecule has 0 spiro atoms. The Kier molecular flexibility index (Phi) is 5.44. The zero-order chi connectivity index (χ0) is 20.2. The van der Waals surface area contributed by atoms with Gasteiger partial charge in [-0.2, -0.15) is 4.98 Å². The van der Waals surface area contributed by atoms with Crippen LogP contribution in [-0.4, -0.2) is 20.6 Å². The van der Waals surface area contributed by atoms with Gasteiger partial charge in [-0.05, 0) is 54.4 Å². The SMILES string of the molecule is CCc1ccccc1NC(=O)Cn1cccc1-c1nc(-c2ccc(Cl)cc2)no1. The molecule has 0 fully saturated rings. The van der Waals surface area contributed by atoms with E-state index in [0.29, 0.717) is 22.4 Å². The summed E-state index contributed by atoms with van der Waals surface area (Å²) < 4.78 is 7.20. The van der Waals surface area contributed by atoms with E-state index < -0.39 is 0 Å². The van der Waals surface area contributed by atoms with Crippen molar-refractivity contribution in [3.05, 3.63) is 77.4 Å². The number of benzene rings is 2. The van der Waals surface area contributed by atoms with Gasteiger partial charge in [0.25, 0.3) is 5.89 Å². The van der Waals surface area contributed by atoms with Crippen molar-refractivity contribution < 1.29 is 9.32 Å². The third-order valence-corrected chi connectivity index (χ3v) is 4.82. The van der Waals surface area contributed by atoms with E-state index in [1.165, 1.54) is 0 Å². The van der Waals surface area contributed by atoms with Crippen LogP contribution in [0, 0.1) is 0 Å². The lowest BCUT2D eigenvalue weighted by Crippen LogP contribution is -2.19. The first kappa shape index (κ1) is 19.0. The molecule has 2 aromatic heterocycles. The Labute approximate surface area is 173 Å². The van der Waals surface area contributed by atoms with Crippen molar-refractivity contribution >= 4 is 23.2 Å². The molecule has 0 aliphatic rings. The van der Waals surface area contributed by atoms with Crippen molar-refractivity contribution in [3.8, 4) is 23.0 Å². The third kappa shape index (κ3) is 4.22. The number of hydrogen-bond acceptors (Lipinski definition) is 4. The van der Waals surface area contributed by atoms with Crippen molar-refractivity contribution in [3.63, 3.8) is 0 Å². The molecule has 7 heteroatoms. The molecule has 0 saturated carbocycles. The first-order valence-electron chi connectivity index (χ1n) is 9.27. The molecule has 0 unspecified atom stereocenters. The number of amides is 1. The Morgan fingerprint density at radius 1 is 1.10 bits per heavy atom. The average molecular weight is 407 g/mol. The van der Waals surface area contributed by atoms with Crippen LogP contribution in [0.2, 0.25) is 5.02 Å². The molecule has 0 aliphatic carbocycles. The molecule has 0 bridgehead atoms. The fraction of sp³-hybridized carbons (Fsp3) is 0.136. The van der Waals surface area contributed by atoms with E-state index in [1.807, 2.05) is 54.7 Å². The quantitative estimate of drug-likeness (QED) is 0.485. The summed E-state index contributed by atoms with van der Waals surface area (Å²) in [4.78, 5) is 17.0. The maximum Gasteiger partial charge on any atom is 0.274 e. The first-order chi connectivity index (χ1) is 14.1. The number of para-hydroxylation sites is 1. The van der Waals surface area contributed by atoms with Gasteiger partial charge in [0.15, 0.2) is 0 Å². The molecule has 4 aromatic rings. The van der Waals surface area contributed by atoms with Crippen molar-refractivity contribution in [1.82, 2.24) is 14.7 Å². The Morgan fingerprint density at radius 3 is 2.69 bits per heavy atom. The number of hydrogen-bond donors (Lipinski definition) is 1. The number of aryl methyl sites for hydroxylation is 1. The van der Waals surface area contributed by atoms with Crippen LogP contribution in [0.1, 0.15) is 12.5 Å². The van der Waals surface area contributed by atoms with Crippen molar-refractivity contribution in [2.45, 2.75) is 19.9 Å². The monoisotopic (exact) mass is 406 g/mol. The summed E-state index contributed by atoms with van der Waals surface area (Å²) in [5, 5.41) is 7.66. The molecule has 29 heavy (non-hydrogen) atoms. The minimum Gasteiger partial charge on any atom is -0.334 e. The second kappa shape index (κ2) is 8.32. The standard InChI is InChI=1S/C22H19ClN4O2/c1-2-15-6-3-4-7-18(15)24-20(28)14-27-13-5-8-19(27)22-25-21(26-29-22)16-9-11-17(23)12-10-16/h3-13H,2,14H2,1H3,(H,24,28). The highest BCUT2D eigenvalue weighted by Gasteiger charge is 2.16. The van der Waals surface area contributed by atoms with Crippen LogP contribution in [-0.2, 0) is 17.8 Å². The molecule has 4 rings (SSSR count). The number of anilines is 1. The number of rotatable bonds is 6. The maximum absolute atomic E-state index is 12.6. The van der Waals surface area contributed by atoms with E-state index in [1.54, 1.807) is 16.7 Å². The molecule has 1 amide bonds. The second-order valence-electron chi connectivity index (χ2n) is 6.51.